The van der Waals surface area contributed by atoms with Crippen molar-refractivity contribution in [3.8, 4) is 0 Å². The van der Waals surface area contributed by atoms with Gasteiger partial charge < -0.3 is 4.90 Å². The van der Waals surface area contributed by atoms with E-state index in [2.05, 4.69) is 39.1 Å². The zero-order valence-corrected chi connectivity index (χ0v) is 15.1. The van der Waals surface area contributed by atoms with Crippen molar-refractivity contribution in [1.82, 2.24) is 25.0 Å². The molecule has 1 N–H and O–H groups in total. The molecule has 0 bridgehead atoms. The lowest BCUT2D eigenvalue weighted by molar-refractivity contribution is -0.133. The minimum absolute atomic E-state index is 0.254. The average molecular weight is 341 g/mol. The highest BCUT2D eigenvalue weighted by atomic mass is 16.2. The second-order valence-corrected chi connectivity index (χ2v) is 6.72. The van der Waals surface area contributed by atoms with E-state index in [1.807, 2.05) is 30.0 Å². The number of hydrogen-bond acceptors (Lipinski definition) is 4. The predicted molar refractivity (Wildman–Crippen MR) is 97.1 cm³/mol. The van der Waals surface area contributed by atoms with Gasteiger partial charge >= 0.3 is 0 Å². The molecule has 1 aromatic heterocycles. The zero-order valence-electron chi connectivity index (χ0n) is 15.1. The van der Waals surface area contributed by atoms with Crippen LogP contribution in [0.25, 0.3) is 0 Å². The number of hydrogen-bond donors (Lipinski definition) is 1. The minimum Gasteiger partial charge on any atom is -0.340 e. The van der Waals surface area contributed by atoms with E-state index in [0.29, 0.717) is 6.42 Å². The van der Waals surface area contributed by atoms with Gasteiger partial charge in [-0.05, 0) is 11.5 Å². The Labute approximate surface area is 149 Å². The van der Waals surface area contributed by atoms with Gasteiger partial charge in [-0.25, -0.2) is 4.98 Å². The van der Waals surface area contributed by atoms with Gasteiger partial charge in [-0.2, -0.15) is 5.10 Å². The van der Waals surface area contributed by atoms with Gasteiger partial charge in [0.1, 0.15) is 11.6 Å². The summed E-state index contributed by atoms with van der Waals surface area (Å²) in [6.45, 7) is 8.29. The van der Waals surface area contributed by atoms with Crippen LogP contribution in [0.1, 0.15) is 43.4 Å². The number of amides is 1. The third-order valence-electron chi connectivity index (χ3n) is 4.84. The highest BCUT2D eigenvalue weighted by Gasteiger charge is 2.23. The Morgan fingerprint density at radius 3 is 2.56 bits per heavy atom. The van der Waals surface area contributed by atoms with Crippen LogP contribution in [0.4, 0.5) is 0 Å². The van der Waals surface area contributed by atoms with E-state index in [1.54, 1.807) is 0 Å². The smallest absolute Gasteiger partial charge is 0.223 e. The normalized spacial score (nSPS) is 16.8. The molecule has 1 aliphatic heterocycles. The van der Waals surface area contributed by atoms with Gasteiger partial charge in [0.15, 0.2) is 0 Å². The first-order valence-corrected chi connectivity index (χ1v) is 9.11. The second-order valence-electron chi connectivity index (χ2n) is 6.72. The van der Waals surface area contributed by atoms with Gasteiger partial charge in [0.2, 0.25) is 5.91 Å². The van der Waals surface area contributed by atoms with E-state index in [-0.39, 0.29) is 11.8 Å². The van der Waals surface area contributed by atoms with Crippen LogP contribution >= 0.6 is 0 Å². The number of H-pyrrole nitrogens is 1. The fourth-order valence-electron chi connectivity index (χ4n) is 3.22. The summed E-state index contributed by atoms with van der Waals surface area (Å²) in [5, 5.41) is 7.18. The van der Waals surface area contributed by atoms with E-state index >= 15 is 0 Å². The maximum absolute atomic E-state index is 12.6. The van der Waals surface area contributed by atoms with Crippen molar-refractivity contribution in [3.05, 3.63) is 47.5 Å². The lowest BCUT2D eigenvalue weighted by Gasteiger charge is -2.34. The number of aromatic amines is 1. The quantitative estimate of drug-likeness (QED) is 0.875. The summed E-state index contributed by atoms with van der Waals surface area (Å²) in [6.07, 6.45) is 1.42. The minimum atomic E-state index is 0.254. The van der Waals surface area contributed by atoms with Crippen molar-refractivity contribution in [2.75, 3.05) is 26.2 Å². The van der Waals surface area contributed by atoms with Crippen molar-refractivity contribution in [2.45, 2.75) is 39.2 Å². The molecule has 3 rings (SSSR count). The van der Waals surface area contributed by atoms with E-state index in [9.17, 15) is 4.79 Å². The molecule has 1 aromatic carbocycles. The maximum Gasteiger partial charge on any atom is 0.223 e. The van der Waals surface area contributed by atoms with Crippen LogP contribution in [0.2, 0.25) is 0 Å². The maximum atomic E-state index is 12.6. The van der Waals surface area contributed by atoms with Crippen molar-refractivity contribution in [3.63, 3.8) is 0 Å². The Kier molecular flexibility index (Phi) is 5.81. The molecule has 0 saturated carbocycles. The first-order chi connectivity index (χ1) is 12.2. The summed E-state index contributed by atoms with van der Waals surface area (Å²) in [4.78, 5) is 21.3. The molecule has 6 nitrogen and oxygen atoms in total. The van der Waals surface area contributed by atoms with Gasteiger partial charge in [-0.15, -0.1) is 0 Å². The first-order valence-electron chi connectivity index (χ1n) is 9.11. The molecule has 2 heterocycles. The fourth-order valence-corrected chi connectivity index (χ4v) is 3.22. The van der Waals surface area contributed by atoms with Crippen LogP contribution in [-0.4, -0.2) is 57.1 Å². The average Bonchev–Trinajstić information content (AvgIpc) is 3.10. The molecule has 1 aliphatic rings. The number of rotatable bonds is 6. The van der Waals surface area contributed by atoms with Gasteiger partial charge in [0, 0.05) is 39.0 Å². The molecule has 25 heavy (non-hydrogen) atoms. The summed E-state index contributed by atoms with van der Waals surface area (Å²) in [6, 6.07) is 10.3. The van der Waals surface area contributed by atoms with Crippen LogP contribution in [0.5, 0.6) is 0 Å². The van der Waals surface area contributed by atoms with E-state index in [1.165, 1.54) is 5.56 Å². The Bertz CT molecular complexity index is 676. The molecule has 0 spiro atoms. The van der Waals surface area contributed by atoms with E-state index in [0.717, 1.165) is 50.8 Å². The van der Waals surface area contributed by atoms with Crippen LogP contribution < -0.4 is 0 Å². The highest BCUT2D eigenvalue weighted by molar-refractivity contribution is 5.77. The van der Waals surface area contributed by atoms with E-state index < -0.39 is 0 Å². The Hall–Kier alpha value is -2.21. The number of piperazine rings is 1. The van der Waals surface area contributed by atoms with Gasteiger partial charge in [-0.3, -0.25) is 14.8 Å². The number of aromatic nitrogens is 3. The number of carbonyl (C=O) groups excluding carboxylic acids is 1. The molecule has 0 unspecified atom stereocenters. The molecular formula is C19H27N5O. The highest BCUT2D eigenvalue weighted by Crippen LogP contribution is 2.20. The Morgan fingerprint density at radius 2 is 1.92 bits per heavy atom. The van der Waals surface area contributed by atoms with Crippen molar-refractivity contribution >= 4 is 5.91 Å². The lowest BCUT2D eigenvalue weighted by Crippen LogP contribution is -2.48. The van der Waals surface area contributed by atoms with Crippen molar-refractivity contribution < 1.29 is 4.79 Å². The number of nitrogens with one attached hydrogen (secondary N) is 1. The summed E-state index contributed by atoms with van der Waals surface area (Å²) < 4.78 is 0. The third-order valence-corrected chi connectivity index (χ3v) is 4.84. The third kappa shape index (κ3) is 4.66. The Balaban J connectivity index is 1.46. The lowest BCUT2D eigenvalue weighted by atomic mass is 9.97. The molecule has 0 aliphatic carbocycles. The first kappa shape index (κ1) is 17.6. The summed E-state index contributed by atoms with van der Waals surface area (Å²) in [5.74, 6) is 2.28. The largest absolute Gasteiger partial charge is 0.340 e. The van der Waals surface area contributed by atoms with Crippen LogP contribution in [0, 0.1) is 0 Å². The van der Waals surface area contributed by atoms with Gasteiger partial charge in [-0.1, -0.05) is 44.2 Å². The molecular weight excluding hydrogens is 314 g/mol. The van der Waals surface area contributed by atoms with Gasteiger partial charge in [0.25, 0.3) is 0 Å². The monoisotopic (exact) mass is 341 g/mol. The predicted octanol–water partition coefficient (Wildman–Crippen LogP) is 2.21. The van der Waals surface area contributed by atoms with Crippen LogP contribution in [-0.2, 0) is 17.8 Å². The zero-order chi connectivity index (χ0) is 17.6. The van der Waals surface area contributed by atoms with Crippen LogP contribution in [0.3, 0.4) is 0 Å². The number of aryl methyl sites for hydroxylation is 1. The number of benzene rings is 1. The van der Waals surface area contributed by atoms with E-state index in [4.69, 9.17) is 0 Å². The van der Waals surface area contributed by atoms with Crippen LogP contribution in [0.15, 0.2) is 30.3 Å². The molecule has 1 saturated heterocycles. The standard InChI is InChI=1S/C19H27N5O/c1-3-17-20-18(22-21-17)14-23-9-11-24(12-10-23)19(25)13-15(2)16-7-5-4-6-8-16/h4-8,15H,3,9-14H2,1-2H3,(H,20,21,22)/t15-/m0/s1. The second kappa shape index (κ2) is 8.25. The molecule has 1 amide bonds. The molecule has 2 aromatic rings. The molecule has 1 atom stereocenters. The van der Waals surface area contributed by atoms with Gasteiger partial charge in [0.05, 0.1) is 6.54 Å². The summed E-state index contributed by atoms with van der Waals surface area (Å²) in [7, 11) is 0. The topological polar surface area (TPSA) is 65.1 Å². The Morgan fingerprint density at radius 1 is 1.20 bits per heavy atom. The SMILES string of the molecule is CCc1n[nH]c(CN2CCN(C(=O)C[C@H](C)c3ccccc3)CC2)n1. The summed E-state index contributed by atoms with van der Waals surface area (Å²) >= 11 is 0. The van der Waals surface area contributed by atoms with Crippen molar-refractivity contribution in [2.24, 2.45) is 0 Å². The fraction of sp³-hybridized carbons (Fsp3) is 0.526. The van der Waals surface area contributed by atoms with Crippen molar-refractivity contribution in [1.29, 1.82) is 0 Å². The molecule has 6 heteroatoms. The molecule has 0 radical (unpaired) electrons. The molecule has 1 fully saturated rings. The molecule has 134 valence electrons. The number of carbonyl (C=O) groups is 1. The number of nitrogens with zero attached hydrogens (tertiary/aromatic N) is 4. The summed E-state index contributed by atoms with van der Waals surface area (Å²) in [5.41, 5.74) is 1.23.